The van der Waals surface area contributed by atoms with E-state index in [-0.39, 0.29) is 23.0 Å². The van der Waals surface area contributed by atoms with Crippen LogP contribution in [0.2, 0.25) is 0 Å². The largest absolute Gasteiger partial charge is 0.494 e. The van der Waals surface area contributed by atoms with Crippen molar-refractivity contribution in [1.82, 2.24) is 4.90 Å². The van der Waals surface area contributed by atoms with Crippen molar-refractivity contribution in [2.24, 2.45) is 11.1 Å². The lowest BCUT2D eigenvalue weighted by Gasteiger charge is -2.33. The molecule has 0 spiro atoms. The molecule has 1 unspecified atom stereocenters. The third-order valence-electron chi connectivity index (χ3n) is 3.58. The van der Waals surface area contributed by atoms with Crippen LogP contribution in [0.4, 0.5) is 4.39 Å². The quantitative estimate of drug-likeness (QED) is 0.862. The Balaban J connectivity index is 2.67. The van der Waals surface area contributed by atoms with E-state index >= 15 is 0 Å². The third-order valence-corrected chi connectivity index (χ3v) is 3.58. The van der Waals surface area contributed by atoms with Gasteiger partial charge in [-0.05, 0) is 37.1 Å². The standard InChI is InChI=1S/C15H25FN2O/c1-11(17)15(2,3)10-18(4)9-12-6-7-14(19-5)13(16)8-12/h6-8,11H,9-10,17H2,1-5H3. The van der Waals surface area contributed by atoms with Crippen LogP contribution in [-0.4, -0.2) is 31.6 Å². The molecule has 1 rings (SSSR count). The maximum atomic E-state index is 13.6. The molecule has 0 radical (unpaired) electrons. The molecule has 1 aromatic carbocycles. The van der Waals surface area contributed by atoms with Crippen LogP contribution in [0.3, 0.4) is 0 Å². The first-order valence-electron chi connectivity index (χ1n) is 6.53. The summed E-state index contributed by atoms with van der Waals surface area (Å²) in [5, 5.41) is 0. The molecule has 1 atom stereocenters. The Labute approximate surface area is 115 Å². The molecule has 3 nitrogen and oxygen atoms in total. The fourth-order valence-electron chi connectivity index (χ4n) is 2.02. The number of rotatable bonds is 6. The Morgan fingerprint density at radius 2 is 2.05 bits per heavy atom. The number of halogens is 1. The molecule has 0 heterocycles. The SMILES string of the molecule is COc1ccc(CN(C)CC(C)(C)C(C)N)cc1F. The van der Waals surface area contributed by atoms with Crippen molar-refractivity contribution in [1.29, 1.82) is 0 Å². The highest BCUT2D eigenvalue weighted by Gasteiger charge is 2.24. The summed E-state index contributed by atoms with van der Waals surface area (Å²) in [4.78, 5) is 2.16. The Morgan fingerprint density at radius 1 is 1.42 bits per heavy atom. The zero-order valence-electron chi connectivity index (χ0n) is 12.5. The molecule has 1 aromatic rings. The fraction of sp³-hybridized carbons (Fsp3) is 0.600. The summed E-state index contributed by atoms with van der Waals surface area (Å²) in [6, 6.07) is 5.18. The van der Waals surface area contributed by atoms with Gasteiger partial charge in [-0.1, -0.05) is 19.9 Å². The summed E-state index contributed by atoms with van der Waals surface area (Å²) in [7, 11) is 3.49. The molecule has 0 aliphatic carbocycles. The van der Waals surface area contributed by atoms with Gasteiger partial charge in [0.15, 0.2) is 11.6 Å². The van der Waals surface area contributed by atoms with Gasteiger partial charge < -0.3 is 15.4 Å². The predicted octanol–water partition coefficient (Wildman–Crippen LogP) is 2.64. The van der Waals surface area contributed by atoms with Crippen molar-refractivity contribution in [3.05, 3.63) is 29.6 Å². The first-order chi connectivity index (χ1) is 8.76. The number of ether oxygens (including phenoxy) is 1. The summed E-state index contributed by atoms with van der Waals surface area (Å²) in [5.41, 5.74) is 6.93. The number of benzene rings is 1. The normalized spacial score (nSPS) is 13.7. The smallest absolute Gasteiger partial charge is 0.165 e. The van der Waals surface area contributed by atoms with Gasteiger partial charge in [0.05, 0.1) is 7.11 Å². The first kappa shape index (κ1) is 15.9. The van der Waals surface area contributed by atoms with E-state index in [2.05, 4.69) is 18.7 Å². The highest BCUT2D eigenvalue weighted by molar-refractivity contribution is 5.29. The van der Waals surface area contributed by atoms with E-state index in [0.29, 0.717) is 6.54 Å². The number of hydrogen-bond donors (Lipinski definition) is 1. The summed E-state index contributed by atoms with van der Waals surface area (Å²) in [5.74, 6) is -0.0397. The van der Waals surface area contributed by atoms with E-state index in [4.69, 9.17) is 10.5 Å². The van der Waals surface area contributed by atoms with Crippen LogP contribution in [0.5, 0.6) is 5.75 Å². The molecule has 4 heteroatoms. The van der Waals surface area contributed by atoms with Crippen LogP contribution in [0, 0.1) is 11.2 Å². The van der Waals surface area contributed by atoms with Crippen molar-refractivity contribution in [2.75, 3.05) is 20.7 Å². The fourth-order valence-corrected chi connectivity index (χ4v) is 2.02. The average Bonchev–Trinajstić information content (AvgIpc) is 2.28. The van der Waals surface area contributed by atoms with Crippen LogP contribution in [0.1, 0.15) is 26.3 Å². The highest BCUT2D eigenvalue weighted by atomic mass is 19.1. The van der Waals surface area contributed by atoms with Gasteiger partial charge in [0.25, 0.3) is 0 Å². The Bertz CT molecular complexity index is 419. The van der Waals surface area contributed by atoms with Crippen LogP contribution >= 0.6 is 0 Å². The van der Waals surface area contributed by atoms with E-state index in [1.807, 2.05) is 20.0 Å². The van der Waals surface area contributed by atoms with Crippen LogP contribution in [-0.2, 0) is 6.54 Å². The van der Waals surface area contributed by atoms with E-state index in [1.54, 1.807) is 6.07 Å². The lowest BCUT2D eigenvalue weighted by Crippen LogP contribution is -2.42. The maximum absolute atomic E-state index is 13.6. The second-order valence-corrected chi connectivity index (χ2v) is 5.92. The minimum Gasteiger partial charge on any atom is -0.494 e. The van der Waals surface area contributed by atoms with E-state index in [1.165, 1.54) is 13.2 Å². The second kappa shape index (κ2) is 6.35. The third kappa shape index (κ3) is 4.48. The molecule has 0 fully saturated rings. The molecule has 0 saturated carbocycles. The average molecular weight is 268 g/mol. The van der Waals surface area contributed by atoms with Crippen molar-refractivity contribution in [3.63, 3.8) is 0 Å². The van der Waals surface area contributed by atoms with E-state index in [0.717, 1.165) is 12.1 Å². The van der Waals surface area contributed by atoms with Gasteiger partial charge in [-0.15, -0.1) is 0 Å². The van der Waals surface area contributed by atoms with Crippen molar-refractivity contribution in [3.8, 4) is 5.75 Å². The molecule has 0 aliphatic heterocycles. The van der Waals surface area contributed by atoms with Crippen molar-refractivity contribution >= 4 is 0 Å². The predicted molar refractivity (Wildman–Crippen MR) is 76.7 cm³/mol. The lowest BCUT2D eigenvalue weighted by atomic mass is 9.85. The Morgan fingerprint density at radius 3 is 2.53 bits per heavy atom. The van der Waals surface area contributed by atoms with Crippen molar-refractivity contribution in [2.45, 2.75) is 33.4 Å². The molecule has 0 bridgehead atoms. The highest BCUT2D eigenvalue weighted by Crippen LogP contribution is 2.22. The van der Waals surface area contributed by atoms with Gasteiger partial charge in [0, 0.05) is 19.1 Å². The van der Waals surface area contributed by atoms with E-state index in [9.17, 15) is 4.39 Å². The van der Waals surface area contributed by atoms with Crippen LogP contribution in [0.15, 0.2) is 18.2 Å². The summed E-state index contributed by atoms with van der Waals surface area (Å²) in [6.07, 6.45) is 0. The molecule has 2 N–H and O–H groups in total. The first-order valence-corrected chi connectivity index (χ1v) is 6.53. The Kier molecular flexibility index (Phi) is 5.32. The second-order valence-electron chi connectivity index (χ2n) is 5.92. The van der Waals surface area contributed by atoms with Gasteiger partial charge in [-0.3, -0.25) is 0 Å². The maximum Gasteiger partial charge on any atom is 0.165 e. The van der Waals surface area contributed by atoms with Gasteiger partial charge in [0.2, 0.25) is 0 Å². The molecular formula is C15H25FN2O. The lowest BCUT2D eigenvalue weighted by molar-refractivity contribution is 0.178. The monoisotopic (exact) mass is 268 g/mol. The summed E-state index contributed by atoms with van der Waals surface area (Å²) < 4.78 is 18.5. The zero-order chi connectivity index (χ0) is 14.6. The molecule has 0 aliphatic rings. The molecular weight excluding hydrogens is 243 g/mol. The Hall–Kier alpha value is -1.13. The number of nitrogens with two attached hydrogens (primary N) is 1. The van der Waals surface area contributed by atoms with Crippen molar-refractivity contribution < 1.29 is 9.13 Å². The molecule has 0 aromatic heterocycles. The molecule has 0 saturated heterocycles. The molecule has 19 heavy (non-hydrogen) atoms. The molecule has 0 amide bonds. The van der Waals surface area contributed by atoms with Gasteiger partial charge in [-0.2, -0.15) is 0 Å². The number of hydrogen-bond acceptors (Lipinski definition) is 3. The summed E-state index contributed by atoms with van der Waals surface area (Å²) >= 11 is 0. The van der Waals surface area contributed by atoms with Gasteiger partial charge in [-0.25, -0.2) is 4.39 Å². The minimum atomic E-state index is -0.320. The zero-order valence-corrected chi connectivity index (χ0v) is 12.5. The van der Waals surface area contributed by atoms with Crippen LogP contribution in [0.25, 0.3) is 0 Å². The van der Waals surface area contributed by atoms with Gasteiger partial charge in [0.1, 0.15) is 0 Å². The van der Waals surface area contributed by atoms with Crippen LogP contribution < -0.4 is 10.5 Å². The van der Waals surface area contributed by atoms with E-state index < -0.39 is 0 Å². The summed E-state index contributed by atoms with van der Waals surface area (Å²) in [6.45, 7) is 7.85. The topological polar surface area (TPSA) is 38.5 Å². The van der Waals surface area contributed by atoms with Gasteiger partial charge >= 0.3 is 0 Å². The number of methoxy groups -OCH3 is 1. The molecule has 108 valence electrons. The minimum absolute atomic E-state index is 0.0275. The number of nitrogens with zero attached hydrogens (tertiary/aromatic N) is 1.